The maximum Gasteiger partial charge on any atom is 0.237 e. The van der Waals surface area contributed by atoms with Crippen LogP contribution >= 0.6 is 23.2 Å². The summed E-state index contributed by atoms with van der Waals surface area (Å²) >= 11 is 11.8. The van der Waals surface area contributed by atoms with Crippen LogP contribution in [0.1, 0.15) is 17.9 Å². The second kappa shape index (κ2) is 4.07. The Kier molecular flexibility index (Phi) is 2.91. The van der Waals surface area contributed by atoms with E-state index in [4.69, 9.17) is 23.2 Å². The molecule has 16 heavy (non-hydrogen) atoms. The van der Waals surface area contributed by atoms with Crippen LogP contribution in [0.2, 0.25) is 10.0 Å². The molecule has 1 unspecified atom stereocenters. The molecule has 1 fully saturated rings. The number of hydrogen-bond donors (Lipinski definition) is 0. The van der Waals surface area contributed by atoms with E-state index in [1.54, 1.807) is 18.2 Å². The van der Waals surface area contributed by atoms with Crippen LogP contribution < -0.4 is 0 Å². The Bertz CT molecular complexity index is 473. The van der Waals surface area contributed by atoms with Crippen molar-refractivity contribution in [3.63, 3.8) is 0 Å². The van der Waals surface area contributed by atoms with Gasteiger partial charge in [-0.1, -0.05) is 23.2 Å². The molecule has 0 aromatic heterocycles. The van der Waals surface area contributed by atoms with Gasteiger partial charge in [-0.15, -0.1) is 0 Å². The number of rotatable bonds is 1. The highest BCUT2D eigenvalue weighted by Gasteiger charge is 2.37. The Morgan fingerprint density at radius 1 is 1.31 bits per heavy atom. The molecule has 0 aliphatic carbocycles. The molecule has 1 atom stereocenters. The highest BCUT2D eigenvalue weighted by molar-refractivity contribution is 6.34. The lowest BCUT2D eigenvalue weighted by molar-refractivity contribution is -0.137. The van der Waals surface area contributed by atoms with Crippen molar-refractivity contribution in [2.24, 2.45) is 0 Å². The minimum Gasteiger partial charge on any atom is -0.285 e. The minimum atomic E-state index is -0.497. The number of amides is 2. The number of carbonyl (C=O) groups is 2. The summed E-state index contributed by atoms with van der Waals surface area (Å²) in [7, 11) is 1.48. The van der Waals surface area contributed by atoms with Crippen molar-refractivity contribution >= 4 is 35.0 Å². The van der Waals surface area contributed by atoms with Crippen LogP contribution in [0.15, 0.2) is 18.2 Å². The Morgan fingerprint density at radius 3 is 2.56 bits per heavy atom. The first-order chi connectivity index (χ1) is 7.50. The number of benzene rings is 1. The van der Waals surface area contributed by atoms with Crippen molar-refractivity contribution < 1.29 is 9.59 Å². The summed E-state index contributed by atoms with van der Waals surface area (Å²) in [5.74, 6) is -0.913. The van der Waals surface area contributed by atoms with E-state index >= 15 is 0 Å². The number of likely N-dealkylation sites (tertiary alicyclic amines) is 1. The molecule has 1 saturated heterocycles. The first-order valence-corrected chi connectivity index (χ1v) is 5.51. The molecule has 1 heterocycles. The average Bonchev–Trinajstić information content (AvgIpc) is 2.50. The zero-order valence-corrected chi connectivity index (χ0v) is 10.0. The summed E-state index contributed by atoms with van der Waals surface area (Å²) in [6.07, 6.45) is 0.162. The summed E-state index contributed by atoms with van der Waals surface area (Å²) in [5.41, 5.74) is 0.622. The SMILES string of the molecule is CN1C(=O)CC(c2cc(Cl)ccc2Cl)C1=O. The average molecular weight is 258 g/mol. The molecule has 0 radical (unpaired) electrons. The summed E-state index contributed by atoms with van der Waals surface area (Å²) in [5, 5.41) is 0.972. The van der Waals surface area contributed by atoms with Crippen LogP contribution in [0.25, 0.3) is 0 Å². The van der Waals surface area contributed by atoms with Crippen LogP contribution in [0, 0.1) is 0 Å². The predicted molar refractivity (Wildman–Crippen MR) is 61.6 cm³/mol. The normalized spacial score (nSPS) is 20.7. The molecule has 5 heteroatoms. The molecule has 84 valence electrons. The van der Waals surface area contributed by atoms with Gasteiger partial charge >= 0.3 is 0 Å². The van der Waals surface area contributed by atoms with E-state index in [9.17, 15) is 9.59 Å². The standard InChI is InChI=1S/C11H9Cl2NO2/c1-14-10(15)5-8(11(14)16)7-4-6(12)2-3-9(7)13/h2-4,8H,5H2,1H3. The van der Waals surface area contributed by atoms with Gasteiger partial charge in [-0.3, -0.25) is 14.5 Å². The van der Waals surface area contributed by atoms with Gasteiger partial charge < -0.3 is 0 Å². The van der Waals surface area contributed by atoms with Gasteiger partial charge in [0.15, 0.2) is 0 Å². The van der Waals surface area contributed by atoms with Crippen molar-refractivity contribution in [2.75, 3.05) is 7.05 Å². The molecule has 0 saturated carbocycles. The fraction of sp³-hybridized carbons (Fsp3) is 0.273. The quantitative estimate of drug-likeness (QED) is 0.725. The van der Waals surface area contributed by atoms with Crippen molar-refractivity contribution in [2.45, 2.75) is 12.3 Å². The maximum atomic E-state index is 11.8. The molecule has 0 spiro atoms. The van der Waals surface area contributed by atoms with Crippen LogP contribution in [0.3, 0.4) is 0 Å². The zero-order valence-electron chi connectivity index (χ0n) is 8.54. The lowest BCUT2D eigenvalue weighted by Gasteiger charge is -2.11. The van der Waals surface area contributed by atoms with Gasteiger partial charge in [0.05, 0.1) is 5.92 Å². The maximum absolute atomic E-state index is 11.8. The second-order valence-electron chi connectivity index (χ2n) is 3.71. The summed E-state index contributed by atoms with van der Waals surface area (Å²) < 4.78 is 0. The van der Waals surface area contributed by atoms with Crippen molar-refractivity contribution in [1.29, 1.82) is 0 Å². The lowest BCUT2D eigenvalue weighted by atomic mass is 9.97. The third kappa shape index (κ3) is 1.81. The highest BCUT2D eigenvalue weighted by atomic mass is 35.5. The predicted octanol–water partition coefficient (Wildman–Crippen LogP) is 2.47. The largest absolute Gasteiger partial charge is 0.285 e. The number of nitrogens with zero attached hydrogens (tertiary/aromatic N) is 1. The molecule has 3 nitrogen and oxygen atoms in total. The van der Waals surface area contributed by atoms with E-state index in [1.165, 1.54) is 7.05 Å². The Morgan fingerprint density at radius 2 is 2.00 bits per heavy atom. The molecule has 1 aliphatic rings. The highest BCUT2D eigenvalue weighted by Crippen LogP contribution is 2.34. The third-order valence-corrected chi connectivity index (χ3v) is 3.29. The van der Waals surface area contributed by atoms with Gasteiger partial charge in [0.25, 0.3) is 0 Å². The fourth-order valence-electron chi connectivity index (χ4n) is 1.78. The van der Waals surface area contributed by atoms with Crippen LogP contribution in [-0.2, 0) is 9.59 Å². The molecule has 2 amide bonds. The first-order valence-electron chi connectivity index (χ1n) is 4.76. The Balaban J connectivity index is 2.42. The summed E-state index contributed by atoms with van der Waals surface area (Å²) in [6.45, 7) is 0. The summed E-state index contributed by atoms with van der Waals surface area (Å²) in [6, 6.07) is 4.92. The molecular weight excluding hydrogens is 249 g/mol. The van der Waals surface area contributed by atoms with Crippen molar-refractivity contribution in [3.8, 4) is 0 Å². The van der Waals surface area contributed by atoms with E-state index in [0.717, 1.165) is 4.90 Å². The van der Waals surface area contributed by atoms with Gasteiger partial charge in [0.1, 0.15) is 0 Å². The molecule has 2 rings (SSSR count). The van der Waals surface area contributed by atoms with E-state index in [2.05, 4.69) is 0 Å². The van der Waals surface area contributed by atoms with E-state index in [0.29, 0.717) is 15.6 Å². The smallest absolute Gasteiger partial charge is 0.237 e. The molecule has 0 bridgehead atoms. The topological polar surface area (TPSA) is 37.4 Å². The monoisotopic (exact) mass is 257 g/mol. The molecular formula is C11H9Cl2NO2. The zero-order chi connectivity index (χ0) is 11.9. The van der Waals surface area contributed by atoms with Gasteiger partial charge in [0.2, 0.25) is 11.8 Å². The number of imide groups is 1. The van der Waals surface area contributed by atoms with Gasteiger partial charge in [-0.2, -0.15) is 0 Å². The van der Waals surface area contributed by atoms with E-state index in [1.807, 2.05) is 0 Å². The van der Waals surface area contributed by atoms with Crippen LogP contribution in [-0.4, -0.2) is 23.8 Å². The van der Waals surface area contributed by atoms with Gasteiger partial charge in [-0.05, 0) is 23.8 Å². The number of halogens is 2. The van der Waals surface area contributed by atoms with Crippen molar-refractivity contribution in [3.05, 3.63) is 33.8 Å². The Hall–Kier alpha value is -1.06. The molecule has 1 aliphatic heterocycles. The van der Waals surface area contributed by atoms with E-state index < -0.39 is 5.92 Å². The lowest BCUT2D eigenvalue weighted by Crippen LogP contribution is -2.25. The Labute approximate surface area is 103 Å². The van der Waals surface area contributed by atoms with Crippen molar-refractivity contribution in [1.82, 2.24) is 4.90 Å². The molecule has 0 N–H and O–H groups in total. The van der Waals surface area contributed by atoms with Crippen LogP contribution in [0.5, 0.6) is 0 Å². The first kappa shape index (κ1) is 11.4. The number of carbonyl (C=O) groups excluding carboxylic acids is 2. The second-order valence-corrected chi connectivity index (χ2v) is 4.56. The van der Waals surface area contributed by atoms with Gasteiger partial charge in [0, 0.05) is 23.5 Å². The van der Waals surface area contributed by atoms with E-state index in [-0.39, 0.29) is 18.2 Å². The molecule has 1 aromatic rings. The number of likely N-dealkylation sites (N-methyl/N-ethyl adjacent to an activating group) is 1. The van der Waals surface area contributed by atoms with Crippen LogP contribution in [0.4, 0.5) is 0 Å². The molecule has 1 aromatic carbocycles. The minimum absolute atomic E-state index is 0.162. The van der Waals surface area contributed by atoms with Gasteiger partial charge in [-0.25, -0.2) is 0 Å². The third-order valence-electron chi connectivity index (χ3n) is 2.71. The summed E-state index contributed by atoms with van der Waals surface area (Å²) in [4.78, 5) is 24.3. The number of hydrogen-bond acceptors (Lipinski definition) is 2. The fourth-order valence-corrected chi connectivity index (χ4v) is 2.21.